The van der Waals surface area contributed by atoms with Gasteiger partial charge in [0.2, 0.25) is 11.8 Å². The zero-order valence-electron chi connectivity index (χ0n) is 14.5. The molecule has 0 radical (unpaired) electrons. The van der Waals surface area contributed by atoms with Gasteiger partial charge in [-0.3, -0.25) is 9.59 Å². The summed E-state index contributed by atoms with van der Waals surface area (Å²) in [4.78, 5) is 23.5. The molecular formula is C18H15BrF3N3O3. The summed E-state index contributed by atoms with van der Waals surface area (Å²) in [5, 5.41) is 5.97. The third kappa shape index (κ3) is 6.38. The molecule has 28 heavy (non-hydrogen) atoms. The van der Waals surface area contributed by atoms with E-state index in [2.05, 4.69) is 31.8 Å². The van der Waals surface area contributed by atoms with E-state index < -0.39 is 30.0 Å². The summed E-state index contributed by atoms with van der Waals surface area (Å²) in [6, 6.07) is 9.26. The van der Waals surface area contributed by atoms with Gasteiger partial charge in [-0.1, -0.05) is 6.07 Å². The SMILES string of the molecule is COc1ccc(C=NNC(=O)CC(=O)Nc2cccc(C(F)(F)F)c2)cc1Br. The maximum Gasteiger partial charge on any atom is 0.416 e. The van der Waals surface area contributed by atoms with Crippen LogP contribution in [-0.4, -0.2) is 25.1 Å². The van der Waals surface area contributed by atoms with Crippen LogP contribution in [0.1, 0.15) is 17.5 Å². The van der Waals surface area contributed by atoms with Crippen molar-refractivity contribution in [3.8, 4) is 5.75 Å². The molecule has 0 aliphatic carbocycles. The highest BCUT2D eigenvalue weighted by Gasteiger charge is 2.30. The Morgan fingerprint density at radius 3 is 2.57 bits per heavy atom. The van der Waals surface area contributed by atoms with Crippen molar-refractivity contribution in [3.63, 3.8) is 0 Å². The van der Waals surface area contributed by atoms with Crippen molar-refractivity contribution in [2.75, 3.05) is 12.4 Å². The second-order valence-corrected chi connectivity index (χ2v) is 6.35. The number of nitrogens with one attached hydrogen (secondary N) is 2. The van der Waals surface area contributed by atoms with Crippen LogP contribution in [0.5, 0.6) is 5.75 Å². The average Bonchev–Trinajstić information content (AvgIpc) is 2.61. The van der Waals surface area contributed by atoms with Gasteiger partial charge >= 0.3 is 6.18 Å². The fourth-order valence-corrected chi connectivity index (χ4v) is 2.66. The predicted molar refractivity (Wildman–Crippen MR) is 101 cm³/mol. The largest absolute Gasteiger partial charge is 0.496 e. The summed E-state index contributed by atoms with van der Waals surface area (Å²) in [5.41, 5.74) is 1.89. The third-order valence-electron chi connectivity index (χ3n) is 3.37. The molecule has 2 rings (SSSR count). The normalized spacial score (nSPS) is 11.3. The predicted octanol–water partition coefficient (Wildman–Crippen LogP) is 3.96. The highest BCUT2D eigenvalue weighted by molar-refractivity contribution is 9.10. The van der Waals surface area contributed by atoms with E-state index in [4.69, 9.17) is 4.74 Å². The Balaban J connectivity index is 1.87. The van der Waals surface area contributed by atoms with Crippen LogP contribution >= 0.6 is 15.9 Å². The zero-order chi connectivity index (χ0) is 20.7. The van der Waals surface area contributed by atoms with Gasteiger partial charge in [0.05, 0.1) is 23.4 Å². The second-order valence-electron chi connectivity index (χ2n) is 5.49. The summed E-state index contributed by atoms with van der Waals surface area (Å²) in [6.07, 6.45) is -3.75. The quantitative estimate of drug-likeness (QED) is 0.391. The van der Waals surface area contributed by atoms with Gasteiger partial charge in [0.25, 0.3) is 0 Å². The molecule has 2 N–H and O–H groups in total. The highest BCUT2D eigenvalue weighted by atomic mass is 79.9. The minimum Gasteiger partial charge on any atom is -0.496 e. The number of benzene rings is 2. The van der Waals surface area contributed by atoms with Gasteiger partial charge in [-0.25, -0.2) is 5.43 Å². The fraction of sp³-hybridized carbons (Fsp3) is 0.167. The monoisotopic (exact) mass is 457 g/mol. The van der Waals surface area contributed by atoms with E-state index in [1.165, 1.54) is 19.4 Å². The molecule has 2 aromatic carbocycles. The van der Waals surface area contributed by atoms with Crippen molar-refractivity contribution in [3.05, 3.63) is 58.1 Å². The van der Waals surface area contributed by atoms with Gasteiger partial charge in [-0.05, 0) is 57.9 Å². The van der Waals surface area contributed by atoms with Crippen LogP contribution in [0.15, 0.2) is 52.0 Å². The number of carbonyl (C=O) groups excluding carboxylic acids is 2. The van der Waals surface area contributed by atoms with Crippen LogP contribution in [0.2, 0.25) is 0 Å². The van der Waals surface area contributed by atoms with E-state index in [9.17, 15) is 22.8 Å². The van der Waals surface area contributed by atoms with Crippen molar-refractivity contribution in [2.24, 2.45) is 5.10 Å². The van der Waals surface area contributed by atoms with Gasteiger partial charge in [0, 0.05) is 5.69 Å². The van der Waals surface area contributed by atoms with Crippen LogP contribution in [0.3, 0.4) is 0 Å². The molecule has 0 saturated heterocycles. The van der Waals surface area contributed by atoms with Gasteiger partial charge in [0.1, 0.15) is 12.2 Å². The van der Waals surface area contributed by atoms with Crippen molar-refractivity contribution in [2.45, 2.75) is 12.6 Å². The lowest BCUT2D eigenvalue weighted by atomic mass is 10.2. The highest BCUT2D eigenvalue weighted by Crippen LogP contribution is 2.30. The molecule has 0 aliphatic heterocycles. The number of hydrogen-bond donors (Lipinski definition) is 2. The number of carbonyl (C=O) groups is 2. The number of nitrogens with zero attached hydrogens (tertiary/aromatic N) is 1. The number of alkyl halides is 3. The maximum absolute atomic E-state index is 12.7. The first kappa shape index (κ1) is 21.4. The van der Waals surface area contributed by atoms with Crippen LogP contribution in [0.25, 0.3) is 0 Å². The first-order valence-electron chi connectivity index (χ1n) is 7.81. The molecule has 0 aliphatic rings. The van der Waals surface area contributed by atoms with Crippen molar-refractivity contribution in [1.29, 1.82) is 0 Å². The van der Waals surface area contributed by atoms with E-state index in [0.29, 0.717) is 15.8 Å². The van der Waals surface area contributed by atoms with Crippen molar-refractivity contribution < 1.29 is 27.5 Å². The van der Waals surface area contributed by atoms with Crippen LogP contribution in [-0.2, 0) is 15.8 Å². The minimum atomic E-state index is -4.52. The molecular weight excluding hydrogens is 443 g/mol. The summed E-state index contributed by atoms with van der Waals surface area (Å²) in [5.74, 6) is -0.847. The third-order valence-corrected chi connectivity index (χ3v) is 3.99. The first-order valence-corrected chi connectivity index (χ1v) is 8.61. The lowest BCUT2D eigenvalue weighted by Gasteiger charge is -2.09. The molecule has 0 heterocycles. The zero-order valence-corrected chi connectivity index (χ0v) is 16.1. The molecule has 2 aromatic rings. The molecule has 6 nitrogen and oxygen atoms in total. The van der Waals surface area contributed by atoms with E-state index in [1.807, 2.05) is 0 Å². The Labute approximate surface area is 166 Å². The van der Waals surface area contributed by atoms with E-state index in [0.717, 1.165) is 18.2 Å². The fourth-order valence-electron chi connectivity index (χ4n) is 2.11. The van der Waals surface area contributed by atoms with Gasteiger partial charge in [0.15, 0.2) is 0 Å². The molecule has 10 heteroatoms. The van der Waals surface area contributed by atoms with Gasteiger partial charge < -0.3 is 10.1 Å². The molecule has 0 saturated carbocycles. The summed E-state index contributed by atoms with van der Waals surface area (Å²) >= 11 is 3.31. The average molecular weight is 458 g/mol. The number of anilines is 1. The Hall–Kier alpha value is -2.88. The summed E-state index contributed by atoms with van der Waals surface area (Å²) in [6.45, 7) is 0. The van der Waals surface area contributed by atoms with Crippen molar-refractivity contribution >= 4 is 39.6 Å². The van der Waals surface area contributed by atoms with Gasteiger partial charge in [-0.15, -0.1) is 0 Å². The smallest absolute Gasteiger partial charge is 0.416 e. The van der Waals surface area contributed by atoms with E-state index >= 15 is 0 Å². The Bertz CT molecular complexity index is 901. The first-order chi connectivity index (χ1) is 13.2. The van der Waals surface area contributed by atoms with Crippen LogP contribution in [0, 0.1) is 0 Å². The number of amides is 2. The molecule has 148 valence electrons. The number of methoxy groups -OCH3 is 1. The number of hydrogen-bond acceptors (Lipinski definition) is 4. The Kier molecular flexibility index (Phi) is 7.16. The minimum absolute atomic E-state index is 0.0563. The maximum atomic E-state index is 12.7. The molecule has 0 bridgehead atoms. The summed E-state index contributed by atoms with van der Waals surface area (Å²) < 4.78 is 43.8. The topological polar surface area (TPSA) is 79.8 Å². The number of ether oxygens (including phenoxy) is 1. The van der Waals surface area contributed by atoms with E-state index in [1.54, 1.807) is 18.2 Å². The molecule has 0 unspecified atom stereocenters. The van der Waals surface area contributed by atoms with Crippen LogP contribution in [0.4, 0.5) is 18.9 Å². The second kappa shape index (κ2) is 9.36. The van der Waals surface area contributed by atoms with Crippen LogP contribution < -0.4 is 15.5 Å². The molecule has 0 fully saturated rings. The molecule has 0 aromatic heterocycles. The number of rotatable bonds is 6. The lowest BCUT2D eigenvalue weighted by Crippen LogP contribution is -2.24. The standard InChI is InChI=1S/C18H15BrF3N3O3/c1-28-15-6-5-11(7-14(15)19)10-23-25-17(27)9-16(26)24-13-4-2-3-12(8-13)18(20,21)22/h2-8,10H,9H2,1H3,(H,24,26)(H,25,27). The Morgan fingerprint density at radius 1 is 1.18 bits per heavy atom. The van der Waals surface area contributed by atoms with Crippen molar-refractivity contribution in [1.82, 2.24) is 5.43 Å². The molecule has 2 amide bonds. The lowest BCUT2D eigenvalue weighted by molar-refractivity contribution is -0.137. The number of hydrazone groups is 1. The Morgan fingerprint density at radius 2 is 1.93 bits per heavy atom. The van der Waals surface area contributed by atoms with E-state index in [-0.39, 0.29) is 5.69 Å². The molecule has 0 atom stereocenters. The summed E-state index contributed by atoms with van der Waals surface area (Å²) in [7, 11) is 1.53. The molecule has 0 spiro atoms. The van der Waals surface area contributed by atoms with Gasteiger partial charge in [-0.2, -0.15) is 18.3 Å². The number of halogens is 4.